The molecule has 31 heavy (non-hydrogen) atoms. The maximum absolute atomic E-state index is 12.9. The number of carbonyl (C=O) groups excluding carboxylic acids is 1. The molecule has 0 aliphatic heterocycles. The van der Waals surface area contributed by atoms with Crippen LogP contribution in [0, 0.1) is 13.8 Å². The smallest absolute Gasteiger partial charge is 0.322 e. The fourth-order valence-corrected chi connectivity index (χ4v) is 3.04. The molecular formula is C23H27N3O5. The second-order valence-electron chi connectivity index (χ2n) is 6.79. The number of hydrogen-bond donors (Lipinski definition) is 1. The zero-order valence-electron chi connectivity index (χ0n) is 18.4. The number of anilines is 1. The molecule has 0 radical (unpaired) electrons. The normalized spacial score (nSPS) is 10.6. The van der Waals surface area contributed by atoms with Crippen LogP contribution < -0.4 is 19.5 Å². The lowest BCUT2D eigenvalue weighted by atomic mass is 10.1. The summed E-state index contributed by atoms with van der Waals surface area (Å²) in [5, 5.41) is 10.7. The zero-order chi connectivity index (χ0) is 22.4. The maximum atomic E-state index is 12.9. The van der Waals surface area contributed by atoms with Crippen LogP contribution in [0.25, 0.3) is 11.5 Å². The Kier molecular flexibility index (Phi) is 7.12. The highest BCUT2D eigenvalue weighted by Gasteiger charge is 2.20. The first-order valence-corrected chi connectivity index (χ1v) is 10.3. The number of aromatic nitrogens is 2. The van der Waals surface area contributed by atoms with Crippen molar-refractivity contribution in [2.75, 3.05) is 25.1 Å². The molecule has 1 N–H and O–H groups in total. The molecule has 0 atom stereocenters. The molecule has 8 nitrogen and oxygen atoms in total. The quantitative estimate of drug-likeness (QED) is 0.526. The second kappa shape index (κ2) is 9.97. The summed E-state index contributed by atoms with van der Waals surface area (Å²) in [6, 6.07) is 9.17. The topological polar surface area (TPSA) is 95.7 Å². The van der Waals surface area contributed by atoms with Crippen LogP contribution in [0.4, 0.5) is 6.01 Å². The van der Waals surface area contributed by atoms with Crippen LogP contribution in [0.1, 0.15) is 42.3 Å². The summed E-state index contributed by atoms with van der Waals surface area (Å²) in [5.74, 6) is 1.25. The molecule has 3 aromatic rings. The third-order valence-electron chi connectivity index (χ3n) is 4.44. The molecule has 0 bridgehead atoms. The minimum Gasteiger partial charge on any atom is -0.490 e. The Morgan fingerprint density at radius 3 is 2.19 bits per heavy atom. The number of carbonyl (C=O) groups is 1. The number of nitrogens with one attached hydrogen (secondary N) is 1. The Morgan fingerprint density at radius 1 is 0.935 bits per heavy atom. The average molecular weight is 425 g/mol. The van der Waals surface area contributed by atoms with Gasteiger partial charge in [0.05, 0.1) is 19.8 Å². The van der Waals surface area contributed by atoms with E-state index in [4.69, 9.17) is 18.6 Å². The van der Waals surface area contributed by atoms with E-state index in [1.54, 1.807) is 12.1 Å². The molecule has 0 spiro atoms. The van der Waals surface area contributed by atoms with Gasteiger partial charge in [0.2, 0.25) is 11.6 Å². The molecule has 8 heteroatoms. The molecule has 2 aromatic carbocycles. The monoisotopic (exact) mass is 425 g/mol. The van der Waals surface area contributed by atoms with Gasteiger partial charge in [0, 0.05) is 11.1 Å². The summed E-state index contributed by atoms with van der Waals surface area (Å²) in [7, 11) is 0. The van der Waals surface area contributed by atoms with Crippen molar-refractivity contribution in [3.8, 4) is 28.7 Å². The van der Waals surface area contributed by atoms with Crippen molar-refractivity contribution >= 4 is 11.9 Å². The minimum atomic E-state index is -0.430. The van der Waals surface area contributed by atoms with E-state index in [1.807, 2.05) is 52.8 Å². The molecule has 164 valence electrons. The largest absolute Gasteiger partial charge is 0.490 e. The highest BCUT2D eigenvalue weighted by atomic mass is 16.5. The Bertz CT molecular complexity index is 1030. The summed E-state index contributed by atoms with van der Waals surface area (Å²) < 4.78 is 22.7. The van der Waals surface area contributed by atoms with Crippen molar-refractivity contribution < 1.29 is 23.4 Å². The van der Waals surface area contributed by atoms with Crippen molar-refractivity contribution in [1.82, 2.24) is 10.2 Å². The summed E-state index contributed by atoms with van der Waals surface area (Å²) >= 11 is 0. The van der Waals surface area contributed by atoms with Crippen LogP contribution in [-0.4, -0.2) is 35.9 Å². The van der Waals surface area contributed by atoms with Gasteiger partial charge in [0.15, 0.2) is 11.5 Å². The second-order valence-corrected chi connectivity index (χ2v) is 6.79. The van der Waals surface area contributed by atoms with Crippen LogP contribution in [0.5, 0.6) is 17.2 Å². The minimum absolute atomic E-state index is 0.00529. The third kappa shape index (κ3) is 5.14. The Hall–Kier alpha value is -3.55. The van der Waals surface area contributed by atoms with Crippen LogP contribution in [0.3, 0.4) is 0 Å². The highest BCUT2D eigenvalue weighted by molar-refractivity contribution is 6.04. The predicted octanol–water partition coefficient (Wildman–Crippen LogP) is 4.80. The van der Waals surface area contributed by atoms with Gasteiger partial charge in [-0.3, -0.25) is 10.1 Å². The van der Waals surface area contributed by atoms with E-state index < -0.39 is 5.91 Å². The molecule has 1 heterocycles. The van der Waals surface area contributed by atoms with E-state index in [-0.39, 0.29) is 6.01 Å². The van der Waals surface area contributed by atoms with Gasteiger partial charge < -0.3 is 18.6 Å². The number of benzene rings is 2. The molecule has 3 rings (SSSR count). The van der Waals surface area contributed by atoms with E-state index >= 15 is 0 Å². The van der Waals surface area contributed by atoms with Crippen LogP contribution in [0.2, 0.25) is 0 Å². The summed E-state index contributed by atoms with van der Waals surface area (Å²) in [6.07, 6.45) is 0. The first kappa shape index (κ1) is 22.1. The molecule has 0 aliphatic rings. The molecule has 0 aliphatic carbocycles. The number of rotatable bonds is 9. The fraction of sp³-hybridized carbons (Fsp3) is 0.348. The van der Waals surface area contributed by atoms with Gasteiger partial charge >= 0.3 is 6.01 Å². The Morgan fingerprint density at radius 2 is 1.58 bits per heavy atom. The van der Waals surface area contributed by atoms with Gasteiger partial charge in [0.1, 0.15) is 0 Å². The summed E-state index contributed by atoms with van der Waals surface area (Å²) in [5.41, 5.74) is 3.22. The van der Waals surface area contributed by atoms with Gasteiger partial charge in [-0.15, -0.1) is 5.10 Å². The fourth-order valence-electron chi connectivity index (χ4n) is 3.04. The van der Waals surface area contributed by atoms with Crippen molar-refractivity contribution in [1.29, 1.82) is 0 Å². The van der Waals surface area contributed by atoms with Gasteiger partial charge in [0.25, 0.3) is 5.91 Å². The van der Waals surface area contributed by atoms with Crippen LogP contribution in [-0.2, 0) is 0 Å². The van der Waals surface area contributed by atoms with Gasteiger partial charge in [-0.2, -0.15) is 0 Å². The van der Waals surface area contributed by atoms with Crippen LogP contribution in [0.15, 0.2) is 34.7 Å². The third-order valence-corrected chi connectivity index (χ3v) is 4.44. The lowest BCUT2D eigenvalue weighted by Gasteiger charge is -2.16. The lowest BCUT2D eigenvalue weighted by Crippen LogP contribution is -2.13. The molecule has 0 saturated heterocycles. The molecule has 0 unspecified atom stereocenters. The van der Waals surface area contributed by atoms with E-state index in [0.717, 1.165) is 16.7 Å². The average Bonchev–Trinajstić information content (AvgIpc) is 3.20. The summed E-state index contributed by atoms with van der Waals surface area (Å²) in [6.45, 7) is 10.8. The first-order valence-electron chi connectivity index (χ1n) is 10.3. The van der Waals surface area contributed by atoms with Crippen LogP contribution >= 0.6 is 0 Å². The number of amides is 1. The molecule has 0 fully saturated rings. The Balaban J connectivity index is 1.88. The summed E-state index contributed by atoms with van der Waals surface area (Å²) in [4.78, 5) is 12.9. The van der Waals surface area contributed by atoms with Crippen molar-refractivity contribution in [3.05, 3.63) is 47.0 Å². The number of ether oxygens (including phenoxy) is 3. The highest BCUT2D eigenvalue weighted by Crippen LogP contribution is 2.39. The lowest BCUT2D eigenvalue weighted by molar-refractivity contribution is 0.102. The SMILES string of the molecule is CCOc1cc(C(=O)Nc2nnc(-c3cc(C)ccc3C)o2)cc(OCC)c1OCC. The molecular weight excluding hydrogens is 398 g/mol. The van der Waals surface area contributed by atoms with Crippen molar-refractivity contribution in [2.24, 2.45) is 0 Å². The maximum Gasteiger partial charge on any atom is 0.322 e. The first-order chi connectivity index (χ1) is 15.0. The predicted molar refractivity (Wildman–Crippen MR) is 117 cm³/mol. The van der Waals surface area contributed by atoms with Crippen molar-refractivity contribution in [3.63, 3.8) is 0 Å². The number of aryl methyl sites for hydroxylation is 2. The number of nitrogens with zero attached hydrogens (tertiary/aromatic N) is 2. The molecule has 1 aromatic heterocycles. The van der Waals surface area contributed by atoms with E-state index in [2.05, 4.69) is 15.5 Å². The van der Waals surface area contributed by atoms with E-state index in [1.165, 1.54) is 0 Å². The van der Waals surface area contributed by atoms with E-state index in [9.17, 15) is 4.79 Å². The van der Waals surface area contributed by atoms with Gasteiger partial charge in [-0.05, 0) is 58.4 Å². The van der Waals surface area contributed by atoms with Crippen molar-refractivity contribution in [2.45, 2.75) is 34.6 Å². The molecule has 1 amide bonds. The Labute approximate surface area is 181 Å². The standard InChI is InChI=1S/C23H27N3O5/c1-6-28-18-12-16(13-19(29-7-2)20(18)30-8-3)21(27)24-23-26-25-22(31-23)17-11-14(4)9-10-15(17)5/h9-13H,6-8H2,1-5H3,(H,24,26,27). The van der Waals surface area contributed by atoms with E-state index in [0.29, 0.717) is 48.5 Å². The van der Waals surface area contributed by atoms with Gasteiger partial charge in [-0.25, -0.2) is 0 Å². The zero-order valence-corrected chi connectivity index (χ0v) is 18.4. The number of hydrogen-bond acceptors (Lipinski definition) is 7. The van der Waals surface area contributed by atoms with Gasteiger partial charge in [-0.1, -0.05) is 22.8 Å². The molecule has 0 saturated carbocycles.